The van der Waals surface area contributed by atoms with Crippen molar-refractivity contribution in [2.45, 2.75) is 32.9 Å². The van der Waals surface area contributed by atoms with E-state index in [2.05, 4.69) is 31.3 Å². The van der Waals surface area contributed by atoms with Crippen LogP contribution in [0.25, 0.3) is 0 Å². The summed E-state index contributed by atoms with van der Waals surface area (Å²) in [4.78, 5) is 0. The van der Waals surface area contributed by atoms with Gasteiger partial charge in [-0.3, -0.25) is 0 Å². The normalized spacial score (nSPS) is 14.4. The van der Waals surface area contributed by atoms with E-state index in [1.165, 1.54) is 11.1 Å². The Labute approximate surface area is 104 Å². The first-order valence-electron chi connectivity index (χ1n) is 6.07. The van der Waals surface area contributed by atoms with Crippen LogP contribution in [-0.2, 0) is 4.74 Å². The second-order valence-corrected chi connectivity index (χ2v) is 4.15. The zero-order chi connectivity index (χ0) is 12.8. The van der Waals surface area contributed by atoms with E-state index < -0.39 is 0 Å². The summed E-state index contributed by atoms with van der Waals surface area (Å²) in [5, 5.41) is 3.32. The summed E-state index contributed by atoms with van der Waals surface area (Å²) in [5.41, 5.74) is 2.48. The van der Waals surface area contributed by atoms with Crippen LogP contribution in [0.2, 0.25) is 0 Å². The molecule has 2 unspecified atom stereocenters. The van der Waals surface area contributed by atoms with Gasteiger partial charge in [-0.25, -0.2) is 0 Å². The van der Waals surface area contributed by atoms with Crippen LogP contribution in [0, 0.1) is 6.92 Å². The maximum absolute atomic E-state index is 5.67. The number of methoxy groups -OCH3 is 1. The minimum Gasteiger partial charge on any atom is -0.497 e. The van der Waals surface area contributed by atoms with Crippen LogP contribution >= 0.6 is 0 Å². The number of ether oxygens (including phenoxy) is 2. The number of nitrogens with one attached hydrogen (secondary N) is 1. The van der Waals surface area contributed by atoms with Gasteiger partial charge in [-0.15, -0.1) is 0 Å². The van der Waals surface area contributed by atoms with Crippen molar-refractivity contribution in [3.05, 3.63) is 29.3 Å². The molecule has 0 radical (unpaired) electrons. The average Bonchev–Trinajstić information content (AvgIpc) is 2.32. The molecule has 0 spiro atoms. The van der Waals surface area contributed by atoms with E-state index in [9.17, 15) is 0 Å². The predicted molar refractivity (Wildman–Crippen MR) is 70.6 cm³/mol. The van der Waals surface area contributed by atoms with E-state index in [0.717, 1.165) is 12.4 Å². The Morgan fingerprint density at radius 3 is 2.53 bits per heavy atom. The first-order chi connectivity index (χ1) is 8.13. The molecule has 2 atom stereocenters. The molecule has 3 nitrogen and oxygen atoms in total. The Morgan fingerprint density at radius 2 is 2.06 bits per heavy atom. The largest absolute Gasteiger partial charge is 0.497 e. The van der Waals surface area contributed by atoms with Gasteiger partial charge >= 0.3 is 0 Å². The Balaban J connectivity index is 2.95. The van der Waals surface area contributed by atoms with Crippen LogP contribution in [0.5, 0.6) is 5.75 Å². The fraction of sp³-hybridized carbons (Fsp3) is 0.571. The second-order valence-electron chi connectivity index (χ2n) is 4.15. The van der Waals surface area contributed by atoms with Crippen molar-refractivity contribution >= 4 is 0 Å². The molecule has 1 aromatic rings. The Bertz CT molecular complexity index is 352. The summed E-state index contributed by atoms with van der Waals surface area (Å²) in [6.45, 7) is 6.94. The molecule has 0 saturated heterocycles. The summed E-state index contributed by atoms with van der Waals surface area (Å²) < 4.78 is 10.9. The van der Waals surface area contributed by atoms with Gasteiger partial charge in [0.25, 0.3) is 0 Å². The second kappa shape index (κ2) is 6.62. The van der Waals surface area contributed by atoms with E-state index in [-0.39, 0.29) is 12.1 Å². The molecule has 0 amide bonds. The SMILES string of the molecule is CCOC(C)C(NC)c1ccc(OC)cc1C. The summed E-state index contributed by atoms with van der Waals surface area (Å²) in [5.74, 6) is 0.894. The Morgan fingerprint density at radius 1 is 1.35 bits per heavy atom. The standard InChI is InChI=1S/C14H23NO2/c1-6-17-11(3)14(15-4)13-8-7-12(16-5)9-10(13)2/h7-9,11,14-15H,6H2,1-5H3. The molecule has 0 aliphatic heterocycles. The van der Waals surface area contributed by atoms with E-state index >= 15 is 0 Å². The van der Waals surface area contributed by atoms with Crippen LogP contribution in [0.3, 0.4) is 0 Å². The highest BCUT2D eigenvalue weighted by Crippen LogP contribution is 2.25. The molecule has 0 bridgehead atoms. The van der Waals surface area contributed by atoms with E-state index in [0.29, 0.717) is 0 Å². The number of aryl methyl sites for hydroxylation is 1. The van der Waals surface area contributed by atoms with Crippen molar-refractivity contribution in [2.24, 2.45) is 0 Å². The van der Waals surface area contributed by atoms with Crippen LogP contribution in [0.1, 0.15) is 31.0 Å². The Kier molecular flexibility index (Phi) is 5.45. The van der Waals surface area contributed by atoms with Gasteiger partial charge in [0.1, 0.15) is 5.75 Å². The highest BCUT2D eigenvalue weighted by molar-refractivity contribution is 5.37. The molecule has 0 aliphatic rings. The Hall–Kier alpha value is -1.06. The fourth-order valence-electron chi connectivity index (χ4n) is 2.13. The molecule has 1 aromatic carbocycles. The van der Waals surface area contributed by atoms with Gasteiger partial charge in [0.05, 0.1) is 19.3 Å². The predicted octanol–water partition coefficient (Wildman–Crippen LogP) is 2.69. The van der Waals surface area contributed by atoms with Crippen molar-refractivity contribution in [1.29, 1.82) is 0 Å². The first kappa shape index (κ1) is 14.0. The molecular weight excluding hydrogens is 214 g/mol. The third-order valence-corrected chi connectivity index (χ3v) is 3.02. The lowest BCUT2D eigenvalue weighted by Crippen LogP contribution is -2.30. The van der Waals surface area contributed by atoms with Crippen molar-refractivity contribution < 1.29 is 9.47 Å². The molecule has 1 N–H and O–H groups in total. The molecule has 0 aliphatic carbocycles. The third kappa shape index (κ3) is 3.45. The van der Waals surface area contributed by atoms with E-state index in [1.807, 2.05) is 20.0 Å². The van der Waals surface area contributed by atoms with Crippen LogP contribution in [0.15, 0.2) is 18.2 Å². The molecule has 0 heterocycles. The zero-order valence-electron chi connectivity index (χ0n) is 11.4. The van der Waals surface area contributed by atoms with Gasteiger partial charge in [0, 0.05) is 6.61 Å². The van der Waals surface area contributed by atoms with Crippen LogP contribution in [-0.4, -0.2) is 26.9 Å². The molecule has 0 saturated carbocycles. The maximum Gasteiger partial charge on any atom is 0.119 e. The topological polar surface area (TPSA) is 30.5 Å². The summed E-state index contributed by atoms with van der Waals surface area (Å²) in [6.07, 6.45) is 0.150. The smallest absolute Gasteiger partial charge is 0.119 e. The highest BCUT2D eigenvalue weighted by Gasteiger charge is 2.19. The van der Waals surface area contributed by atoms with Crippen molar-refractivity contribution in [3.8, 4) is 5.75 Å². The number of hydrogen-bond acceptors (Lipinski definition) is 3. The number of rotatable bonds is 6. The maximum atomic E-state index is 5.67. The van der Waals surface area contributed by atoms with Crippen molar-refractivity contribution in [3.63, 3.8) is 0 Å². The first-order valence-corrected chi connectivity index (χ1v) is 6.07. The number of benzene rings is 1. The molecule has 0 fully saturated rings. The van der Waals surface area contributed by atoms with Gasteiger partial charge in [0.2, 0.25) is 0 Å². The van der Waals surface area contributed by atoms with Gasteiger partial charge in [-0.2, -0.15) is 0 Å². The average molecular weight is 237 g/mol. The minimum absolute atomic E-state index is 0.150. The summed E-state index contributed by atoms with van der Waals surface area (Å²) >= 11 is 0. The van der Waals surface area contributed by atoms with Crippen molar-refractivity contribution in [1.82, 2.24) is 5.32 Å². The van der Waals surface area contributed by atoms with Gasteiger partial charge in [0.15, 0.2) is 0 Å². The van der Waals surface area contributed by atoms with E-state index in [1.54, 1.807) is 7.11 Å². The van der Waals surface area contributed by atoms with Crippen LogP contribution in [0.4, 0.5) is 0 Å². The number of hydrogen-bond donors (Lipinski definition) is 1. The zero-order valence-corrected chi connectivity index (χ0v) is 11.4. The summed E-state index contributed by atoms with van der Waals surface area (Å²) in [6, 6.07) is 6.36. The van der Waals surface area contributed by atoms with E-state index in [4.69, 9.17) is 9.47 Å². The lowest BCUT2D eigenvalue weighted by atomic mass is 9.97. The van der Waals surface area contributed by atoms with Gasteiger partial charge < -0.3 is 14.8 Å². The monoisotopic (exact) mass is 237 g/mol. The van der Waals surface area contributed by atoms with Gasteiger partial charge in [-0.1, -0.05) is 6.07 Å². The molecule has 1 rings (SSSR count). The lowest BCUT2D eigenvalue weighted by molar-refractivity contribution is 0.0491. The fourth-order valence-corrected chi connectivity index (χ4v) is 2.13. The quantitative estimate of drug-likeness (QED) is 0.825. The van der Waals surface area contributed by atoms with Crippen LogP contribution < -0.4 is 10.1 Å². The molecular formula is C14H23NO2. The third-order valence-electron chi connectivity index (χ3n) is 3.02. The molecule has 96 valence electrons. The highest BCUT2D eigenvalue weighted by atomic mass is 16.5. The summed E-state index contributed by atoms with van der Waals surface area (Å²) in [7, 11) is 3.65. The molecule has 3 heteroatoms. The lowest BCUT2D eigenvalue weighted by Gasteiger charge is -2.25. The molecule has 0 aromatic heterocycles. The van der Waals surface area contributed by atoms with Crippen molar-refractivity contribution in [2.75, 3.05) is 20.8 Å². The molecule has 17 heavy (non-hydrogen) atoms. The van der Waals surface area contributed by atoms with Gasteiger partial charge in [-0.05, 0) is 51.1 Å². The number of likely N-dealkylation sites (N-methyl/N-ethyl adjacent to an activating group) is 1. The minimum atomic E-state index is 0.150.